The molecule has 3 rings (SSSR count). The number of hydrogen-bond donors (Lipinski definition) is 1. The zero-order valence-electron chi connectivity index (χ0n) is 10.1. The van der Waals surface area contributed by atoms with Gasteiger partial charge >= 0.3 is 0 Å². The monoisotopic (exact) mass is 235 g/mol. The molecule has 1 aromatic carbocycles. The maximum atomic E-state index is 5.95. The van der Waals surface area contributed by atoms with Gasteiger partial charge < -0.3 is 5.73 Å². The van der Waals surface area contributed by atoms with E-state index in [-0.39, 0.29) is 0 Å². The molecule has 0 saturated heterocycles. The molecule has 2 heterocycles. The Balaban J connectivity index is 2.42. The molecular formula is C15H13N3. The quantitative estimate of drug-likeness (QED) is 0.658. The van der Waals surface area contributed by atoms with E-state index in [2.05, 4.69) is 22.1 Å². The Kier molecular flexibility index (Phi) is 2.45. The molecule has 0 radical (unpaired) electrons. The van der Waals surface area contributed by atoms with Crippen LogP contribution in [0.4, 0.5) is 5.82 Å². The minimum Gasteiger partial charge on any atom is -0.382 e. The van der Waals surface area contributed by atoms with E-state index in [0.717, 1.165) is 27.4 Å². The highest BCUT2D eigenvalue weighted by molar-refractivity contribution is 6.08. The smallest absolute Gasteiger partial charge is 0.150 e. The molecule has 2 N–H and O–H groups in total. The predicted octanol–water partition coefficient (Wildman–Crippen LogP) is 3.40. The van der Waals surface area contributed by atoms with E-state index >= 15 is 0 Å². The second kappa shape index (κ2) is 4.11. The van der Waals surface area contributed by atoms with E-state index in [1.807, 2.05) is 37.3 Å². The van der Waals surface area contributed by atoms with Crippen LogP contribution < -0.4 is 5.73 Å². The number of fused-ring (bicyclic) bond motifs is 3. The van der Waals surface area contributed by atoms with E-state index in [9.17, 15) is 0 Å². The van der Waals surface area contributed by atoms with Crippen LogP contribution in [0, 0.1) is 0 Å². The molecular weight excluding hydrogens is 222 g/mol. The van der Waals surface area contributed by atoms with Gasteiger partial charge in [0.1, 0.15) is 5.52 Å². The first-order valence-electron chi connectivity index (χ1n) is 5.86. The van der Waals surface area contributed by atoms with Crippen molar-refractivity contribution in [1.29, 1.82) is 0 Å². The highest BCUT2D eigenvalue weighted by Crippen LogP contribution is 2.26. The zero-order valence-corrected chi connectivity index (χ0v) is 10.1. The number of hydrogen-bond acceptors (Lipinski definition) is 3. The van der Waals surface area contributed by atoms with Crippen molar-refractivity contribution in [3.63, 3.8) is 0 Å². The summed E-state index contributed by atoms with van der Waals surface area (Å²) >= 11 is 0. The number of aromatic nitrogens is 2. The Morgan fingerprint density at radius 2 is 2.06 bits per heavy atom. The van der Waals surface area contributed by atoms with E-state index in [0.29, 0.717) is 5.82 Å². The molecule has 0 aliphatic carbocycles. The van der Waals surface area contributed by atoms with Gasteiger partial charge in [-0.1, -0.05) is 30.4 Å². The van der Waals surface area contributed by atoms with Gasteiger partial charge in [0.15, 0.2) is 5.82 Å². The number of anilines is 1. The lowest BCUT2D eigenvalue weighted by Crippen LogP contribution is -1.95. The minimum atomic E-state index is 0.482. The standard InChI is InChI=1S/C15H13N3/c1-2-4-10-6-7-11-12-5-3-8-17-14(12)15(16)18-13(11)9-10/h2-9H,1H3,(H2,16,18)/b4-2+. The third-order valence-corrected chi connectivity index (χ3v) is 2.96. The Labute approximate surface area is 105 Å². The molecule has 0 saturated carbocycles. The molecule has 0 amide bonds. The largest absolute Gasteiger partial charge is 0.382 e. The van der Waals surface area contributed by atoms with Gasteiger partial charge in [-0.2, -0.15) is 0 Å². The second-order valence-electron chi connectivity index (χ2n) is 4.17. The maximum absolute atomic E-state index is 5.95. The first-order valence-corrected chi connectivity index (χ1v) is 5.86. The number of pyridine rings is 2. The fourth-order valence-electron chi connectivity index (χ4n) is 2.17. The number of nitrogens with zero attached hydrogens (tertiary/aromatic N) is 2. The van der Waals surface area contributed by atoms with Gasteiger partial charge in [-0.25, -0.2) is 4.98 Å². The van der Waals surface area contributed by atoms with Crippen molar-refractivity contribution in [1.82, 2.24) is 9.97 Å². The lowest BCUT2D eigenvalue weighted by atomic mass is 10.1. The van der Waals surface area contributed by atoms with Crippen LogP contribution in [0.2, 0.25) is 0 Å². The van der Waals surface area contributed by atoms with Gasteiger partial charge in [-0.15, -0.1) is 0 Å². The molecule has 0 spiro atoms. The third-order valence-electron chi connectivity index (χ3n) is 2.96. The van der Waals surface area contributed by atoms with Crippen LogP contribution in [0.1, 0.15) is 12.5 Å². The third kappa shape index (κ3) is 1.61. The van der Waals surface area contributed by atoms with E-state index in [1.54, 1.807) is 6.20 Å². The molecule has 3 aromatic rings. The average Bonchev–Trinajstić information content (AvgIpc) is 2.39. The normalized spacial score (nSPS) is 11.6. The van der Waals surface area contributed by atoms with Crippen LogP contribution in [0.15, 0.2) is 42.6 Å². The fourth-order valence-corrected chi connectivity index (χ4v) is 2.17. The van der Waals surface area contributed by atoms with Gasteiger partial charge in [-0.05, 0) is 24.6 Å². The molecule has 0 unspecified atom stereocenters. The van der Waals surface area contributed by atoms with E-state index in [1.165, 1.54) is 0 Å². The summed E-state index contributed by atoms with van der Waals surface area (Å²) in [6.07, 6.45) is 5.79. The Morgan fingerprint density at radius 1 is 1.17 bits per heavy atom. The zero-order chi connectivity index (χ0) is 12.5. The molecule has 2 aromatic heterocycles. The highest BCUT2D eigenvalue weighted by Gasteiger charge is 2.06. The molecule has 0 aliphatic rings. The van der Waals surface area contributed by atoms with Crippen molar-refractivity contribution in [3.05, 3.63) is 48.2 Å². The topological polar surface area (TPSA) is 51.8 Å². The van der Waals surface area contributed by atoms with Crippen molar-refractivity contribution in [2.75, 3.05) is 5.73 Å². The van der Waals surface area contributed by atoms with Gasteiger partial charge in [0.25, 0.3) is 0 Å². The highest BCUT2D eigenvalue weighted by atomic mass is 14.9. The summed E-state index contributed by atoms with van der Waals surface area (Å²) in [5.74, 6) is 0.482. The molecule has 18 heavy (non-hydrogen) atoms. The van der Waals surface area contributed by atoms with Gasteiger partial charge in [0.05, 0.1) is 5.52 Å². The molecule has 88 valence electrons. The van der Waals surface area contributed by atoms with E-state index < -0.39 is 0 Å². The van der Waals surface area contributed by atoms with Crippen LogP contribution >= 0.6 is 0 Å². The summed E-state index contributed by atoms with van der Waals surface area (Å²) < 4.78 is 0. The van der Waals surface area contributed by atoms with Gasteiger partial charge in [0.2, 0.25) is 0 Å². The predicted molar refractivity (Wildman–Crippen MR) is 76.2 cm³/mol. The van der Waals surface area contributed by atoms with Crippen molar-refractivity contribution >= 4 is 33.7 Å². The minimum absolute atomic E-state index is 0.482. The first-order chi connectivity index (χ1) is 8.79. The SMILES string of the molecule is C/C=C/c1ccc2c(c1)nc(N)c1ncccc12. The lowest BCUT2D eigenvalue weighted by molar-refractivity contribution is 1.36. The van der Waals surface area contributed by atoms with Crippen LogP contribution in [0.5, 0.6) is 0 Å². The van der Waals surface area contributed by atoms with Gasteiger partial charge in [0, 0.05) is 17.0 Å². The van der Waals surface area contributed by atoms with Crippen LogP contribution in [-0.2, 0) is 0 Å². The molecule has 0 fully saturated rings. The number of rotatable bonds is 1. The van der Waals surface area contributed by atoms with Crippen molar-refractivity contribution in [2.45, 2.75) is 6.92 Å². The Hall–Kier alpha value is -2.42. The molecule has 0 bridgehead atoms. The summed E-state index contributed by atoms with van der Waals surface area (Å²) in [5, 5.41) is 2.13. The van der Waals surface area contributed by atoms with Gasteiger partial charge in [-0.3, -0.25) is 4.98 Å². The average molecular weight is 235 g/mol. The Morgan fingerprint density at radius 3 is 2.89 bits per heavy atom. The Bertz CT molecular complexity index is 760. The number of allylic oxidation sites excluding steroid dienone is 1. The van der Waals surface area contributed by atoms with Crippen LogP contribution in [0.3, 0.4) is 0 Å². The molecule has 3 heteroatoms. The number of benzene rings is 1. The maximum Gasteiger partial charge on any atom is 0.150 e. The first kappa shape index (κ1) is 10.7. The fraction of sp³-hybridized carbons (Fsp3) is 0.0667. The number of nitrogen functional groups attached to an aromatic ring is 1. The van der Waals surface area contributed by atoms with Crippen LogP contribution in [0.25, 0.3) is 27.9 Å². The molecule has 3 nitrogen and oxygen atoms in total. The molecule has 0 aliphatic heterocycles. The van der Waals surface area contributed by atoms with E-state index in [4.69, 9.17) is 5.73 Å². The second-order valence-corrected chi connectivity index (χ2v) is 4.17. The summed E-state index contributed by atoms with van der Waals surface area (Å²) in [6.45, 7) is 2.00. The summed E-state index contributed by atoms with van der Waals surface area (Å²) in [7, 11) is 0. The molecule has 0 atom stereocenters. The summed E-state index contributed by atoms with van der Waals surface area (Å²) in [4.78, 5) is 8.72. The van der Waals surface area contributed by atoms with Crippen molar-refractivity contribution < 1.29 is 0 Å². The van der Waals surface area contributed by atoms with Crippen molar-refractivity contribution in [2.24, 2.45) is 0 Å². The van der Waals surface area contributed by atoms with Crippen LogP contribution in [-0.4, -0.2) is 9.97 Å². The lowest BCUT2D eigenvalue weighted by Gasteiger charge is -2.06. The van der Waals surface area contributed by atoms with Crippen molar-refractivity contribution in [3.8, 4) is 0 Å². The summed E-state index contributed by atoms with van der Waals surface area (Å²) in [5.41, 5.74) is 8.75. The summed E-state index contributed by atoms with van der Waals surface area (Å²) in [6, 6.07) is 10.1. The number of nitrogens with two attached hydrogens (primary N) is 1.